The van der Waals surface area contributed by atoms with E-state index in [1.165, 1.54) is 11.3 Å². The van der Waals surface area contributed by atoms with E-state index in [2.05, 4.69) is 50.0 Å². The van der Waals surface area contributed by atoms with Gasteiger partial charge in [0.05, 0.1) is 18.0 Å². The highest BCUT2D eigenvalue weighted by molar-refractivity contribution is 6.10. The average Bonchev–Trinajstić information content (AvgIpc) is 3.18. The second kappa shape index (κ2) is 10.4. The van der Waals surface area contributed by atoms with Crippen LogP contribution in [0.1, 0.15) is 75.7 Å². The van der Waals surface area contributed by atoms with Crippen LogP contribution in [0.4, 0.5) is 0 Å². The zero-order chi connectivity index (χ0) is 24.2. The molecule has 1 fully saturated rings. The van der Waals surface area contributed by atoms with E-state index in [1.54, 1.807) is 4.90 Å². The van der Waals surface area contributed by atoms with Crippen LogP contribution < -0.4 is 5.73 Å². The molecule has 1 aromatic rings. The number of aldehydes is 1. The van der Waals surface area contributed by atoms with Gasteiger partial charge in [0.15, 0.2) is 0 Å². The maximum absolute atomic E-state index is 11.0. The summed E-state index contributed by atoms with van der Waals surface area (Å²) in [5.74, 6) is 0.123. The van der Waals surface area contributed by atoms with Crippen LogP contribution in [-0.2, 0) is 16.0 Å². The number of carbonyl (C=O) groups excluding carboxylic acids is 2. The number of piperidine rings is 1. The minimum absolute atomic E-state index is 0.123. The summed E-state index contributed by atoms with van der Waals surface area (Å²) < 4.78 is 0. The van der Waals surface area contributed by atoms with Crippen molar-refractivity contribution in [2.24, 2.45) is 11.1 Å². The van der Waals surface area contributed by atoms with Crippen LogP contribution in [0.3, 0.4) is 0 Å². The molecule has 1 amide bonds. The topological polar surface area (TPSA) is 106 Å². The molecular formula is C26H39N5O2. The quantitative estimate of drug-likeness (QED) is 0.465. The molecule has 33 heavy (non-hydrogen) atoms. The molecule has 7 heteroatoms. The van der Waals surface area contributed by atoms with E-state index in [4.69, 9.17) is 11.1 Å². The second-order valence-electron chi connectivity index (χ2n) is 10.3. The Balaban J connectivity index is 0.000000257. The number of rotatable bonds is 5. The molecule has 3 aliphatic rings. The number of aryl methyl sites for hydroxylation is 1. The molecular weight excluding hydrogens is 414 g/mol. The number of H-pyrrole nitrogens is 1. The third-order valence-corrected chi connectivity index (χ3v) is 6.87. The van der Waals surface area contributed by atoms with Gasteiger partial charge in [0.1, 0.15) is 6.29 Å². The molecule has 0 spiro atoms. The van der Waals surface area contributed by atoms with Gasteiger partial charge in [-0.15, -0.1) is 0 Å². The number of hydrogen-bond acceptors (Lipinski definition) is 5. The van der Waals surface area contributed by atoms with Gasteiger partial charge in [-0.1, -0.05) is 13.8 Å². The molecule has 0 saturated carbocycles. The number of allylic oxidation sites excluding steroid dienone is 3. The first-order valence-electron chi connectivity index (χ1n) is 12.0. The normalized spacial score (nSPS) is 19.8. The number of aromatic amines is 1. The van der Waals surface area contributed by atoms with Gasteiger partial charge in [0, 0.05) is 44.1 Å². The van der Waals surface area contributed by atoms with Gasteiger partial charge in [-0.05, 0) is 73.6 Å². The number of nitrogens with zero attached hydrogens (tertiary/aromatic N) is 2. The lowest BCUT2D eigenvalue weighted by Gasteiger charge is -2.31. The highest BCUT2D eigenvalue weighted by Crippen LogP contribution is 2.38. The predicted octanol–water partition coefficient (Wildman–Crippen LogP) is 3.85. The fourth-order valence-electron chi connectivity index (χ4n) is 4.77. The summed E-state index contributed by atoms with van der Waals surface area (Å²) in [6.07, 6.45) is 10.6. The first-order chi connectivity index (χ1) is 15.6. The van der Waals surface area contributed by atoms with E-state index in [-0.39, 0.29) is 17.9 Å². The van der Waals surface area contributed by atoms with Gasteiger partial charge in [-0.2, -0.15) is 0 Å². The fourth-order valence-corrected chi connectivity index (χ4v) is 4.77. The summed E-state index contributed by atoms with van der Waals surface area (Å²) in [6, 6.07) is 2.14. The number of fused-ring (bicyclic) bond motifs is 1. The van der Waals surface area contributed by atoms with Crippen molar-refractivity contribution in [3.8, 4) is 0 Å². The number of nitrogens with one attached hydrogen (secondary N) is 2. The highest BCUT2D eigenvalue weighted by atomic mass is 16.2. The van der Waals surface area contributed by atoms with E-state index >= 15 is 0 Å². The van der Waals surface area contributed by atoms with Crippen molar-refractivity contribution in [2.45, 2.75) is 65.2 Å². The zero-order valence-electron chi connectivity index (χ0n) is 20.6. The molecule has 0 atom stereocenters. The van der Waals surface area contributed by atoms with Crippen LogP contribution in [0.15, 0.2) is 23.0 Å². The summed E-state index contributed by atoms with van der Waals surface area (Å²) in [6.45, 7) is 5.54. The number of carbonyl (C=O) groups is 2. The lowest BCUT2D eigenvalue weighted by atomic mass is 9.75. The largest absolute Gasteiger partial charge is 0.402 e. The average molecular weight is 454 g/mol. The maximum Gasteiger partial charge on any atom is 0.222 e. The third kappa shape index (κ3) is 6.15. The van der Waals surface area contributed by atoms with Crippen LogP contribution in [0.25, 0.3) is 6.08 Å². The summed E-state index contributed by atoms with van der Waals surface area (Å²) in [5.41, 5.74) is 13.7. The Bertz CT molecular complexity index is 967. The minimum Gasteiger partial charge on any atom is -0.402 e. The van der Waals surface area contributed by atoms with Gasteiger partial charge in [-0.3, -0.25) is 10.2 Å². The molecule has 4 N–H and O–H groups in total. The van der Waals surface area contributed by atoms with Gasteiger partial charge in [-0.25, -0.2) is 0 Å². The van der Waals surface area contributed by atoms with E-state index < -0.39 is 0 Å². The molecule has 4 rings (SSSR count). The first kappa shape index (κ1) is 24.8. The molecule has 7 nitrogen and oxygen atoms in total. The Morgan fingerprint density at radius 3 is 2.64 bits per heavy atom. The molecule has 180 valence electrons. The van der Waals surface area contributed by atoms with E-state index in [1.807, 2.05) is 0 Å². The fraction of sp³-hybridized carbons (Fsp3) is 0.577. The lowest BCUT2D eigenvalue weighted by molar-refractivity contribution is -0.135. The Hall–Kier alpha value is -2.83. The van der Waals surface area contributed by atoms with Crippen molar-refractivity contribution in [3.05, 3.63) is 40.0 Å². The van der Waals surface area contributed by atoms with Crippen molar-refractivity contribution in [1.29, 1.82) is 5.41 Å². The van der Waals surface area contributed by atoms with Crippen molar-refractivity contribution in [2.75, 3.05) is 27.2 Å². The molecule has 1 aromatic heterocycles. The number of aromatic nitrogens is 1. The van der Waals surface area contributed by atoms with Crippen LogP contribution in [-0.4, -0.2) is 59.9 Å². The smallest absolute Gasteiger partial charge is 0.222 e. The minimum atomic E-state index is 0.123. The molecule has 0 aromatic carbocycles. The third-order valence-electron chi connectivity index (χ3n) is 6.87. The number of amides is 1. The first-order valence-corrected chi connectivity index (χ1v) is 12.0. The van der Waals surface area contributed by atoms with Crippen LogP contribution >= 0.6 is 0 Å². The van der Waals surface area contributed by atoms with Gasteiger partial charge < -0.3 is 25.3 Å². The monoisotopic (exact) mass is 453 g/mol. The maximum atomic E-state index is 11.0. The number of nitrogens with two attached hydrogens (primary N) is 1. The molecule has 1 saturated heterocycles. The Labute approximate surface area is 197 Å². The SMILES string of the molecule is CN(C)C1=Cc2[nH]c(C(=N)C3=C(N)CC(C)(C)CC3)cc2CC1.O=CCN1CCCCC1=O. The molecule has 0 bridgehead atoms. The molecule has 2 aliphatic carbocycles. The van der Waals surface area contributed by atoms with Crippen molar-refractivity contribution in [1.82, 2.24) is 14.8 Å². The van der Waals surface area contributed by atoms with Crippen LogP contribution in [0.5, 0.6) is 0 Å². The van der Waals surface area contributed by atoms with Crippen molar-refractivity contribution in [3.63, 3.8) is 0 Å². The van der Waals surface area contributed by atoms with E-state index in [0.29, 0.717) is 12.1 Å². The van der Waals surface area contributed by atoms with E-state index in [0.717, 1.165) is 80.4 Å². The zero-order valence-corrected chi connectivity index (χ0v) is 20.6. The summed E-state index contributed by atoms with van der Waals surface area (Å²) in [4.78, 5) is 28.2. The van der Waals surface area contributed by atoms with E-state index in [9.17, 15) is 9.59 Å². The highest BCUT2D eigenvalue weighted by Gasteiger charge is 2.28. The van der Waals surface area contributed by atoms with Gasteiger partial charge in [0.25, 0.3) is 0 Å². The van der Waals surface area contributed by atoms with Gasteiger partial charge >= 0.3 is 0 Å². The molecule has 1 aliphatic heterocycles. The lowest BCUT2D eigenvalue weighted by Crippen LogP contribution is -2.36. The van der Waals surface area contributed by atoms with Gasteiger partial charge in [0.2, 0.25) is 5.91 Å². The van der Waals surface area contributed by atoms with Crippen LogP contribution in [0, 0.1) is 10.8 Å². The summed E-state index contributed by atoms with van der Waals surface area (Å²) in [7, 11) is 4.16. The second-order valence-corrected chi connectivity index (χ2v) is 10.3. The molecule has 0 radical (unpaired) electrons. The van der Waals surface area contributed by atoms with Crippen molar-refractivity contribution >= 4 is 24.0 Å². The Morgan fingerprint density at radius 1 is 1.24 bits per heavy atom. The van der Waals surface area contributed by atoms with Crippen molar-refractivity contribution < 1.29 is 9.59 Å². The Kier molecular flexibility index (Phi) is 7.82. The summed E-state index contributed by atoms with van der Waals surface area (Å²) >= 11 is 0. The summed E-state index contributed by atoms with van der Waals surface area (Å²) in [5, 5.41) is 8.60. The number of likely N-dealkylation sites (tertiary alicyclic amines) is 1. The number of hydrogen-bond donors (Lipinski definition) is 3. The predicted molar refractivity (Wildman–Crippen MR) is 133 cm³/mol. The molecule has 2 heterocycles. The van der Waals surface area contributed by atoms with Crippen LogP contribution in [0.2, 0.25) is 0 Å². The molecule has 0 unspecified atom stereocenters. The Morgan fingerprint density at radius 2 is 2.00 bits per heavy atom. The standard InChI is InChI=1S/C19H28N4.C7H11NO2/c1-19(2)8-7-14(15(20)11-19)18(21)17-9-12-5-6-13(23(3)4)10-16(12)22-17;9-6-5-8-4-2-1-3-7(8)10/h9-10,21-22H,5-8,11,20H2,1-4H3;6H,1-5H2.